The van der Waals surface area contributed by atoms with Gasteiger partial charge in [0, 0.05) is 12.8 Å². The molecular formula is C34H66O4. The third-order valence-electron chi connectivity index (χ3n) is 7.70. The van der Waals surface area contributed by atoms with Crippen LogP contribution in [0.4, 0.5) is 0 Å². The lowest BCUT2D eigenvalue weighted by Gasteiger charge is -2.18. The van der Waals surface area contributed by atoms with Gasteiger partial charge in [0.05, 0.1) is 0 Å². The molecule has 0 rings (SSSR count). The lowest BCUT2D eigenvalue weighted by atomic mass is 10.0. The Morgan fingerprint density at radius 2 is 0.763 bits per heavy atom. The highest BCUT2D eigenvalue weighted by Gasteiger charge is 2.14. The Balaban J connectivity index is 3.91. The number of carbonyl (C=O) groups is 2. The van der Waals surface area contributed by atoms with Crippen LogP contribution in [0.2, 0.25) is 0 Å². The zero-order chi connectivity index (χ0) is 28.1. The molecule has 0 heterocycles. The fourth-order valence-corrected chi connectivity index (χ4v) is 5.08. The highest BCUT2D eigenvalue weighted by molar-refractivity contribution is 5.69. The van der Waals surface area contributed by atoms with Gasteiger partial charge in [0.1, 0.15) is 12.2 Å². The van der Waals surface area contributed by atoms with Crippen LogP contribution in [0.3, 0.4) is 0 Å². The molecule has 0 N–H and O–H groups in total. The summed E-state index contributed by atoms with van der Waals surface area (Å²) in [6.45, 7) is 8.75. The number of hydrogen-bond donors (Lipinski definition) is 0. The molecule has 0 aromatic rings. The third-order valence-corrected chi connectivity index (χ3v) is 7.70. The van der Waals surface area contributed by atoms with E-state index in [1.165, 1.54) is 83.5 Å². The fourth-order valence-electron chi connectivity index (χ4n) is 5.08. The summed E-state index contributed by atoms with van der Waals surface area (Å²) in [4.78, 5) is 24.4. The predicted octanol–water partition coefficient (Wildman–Crippen LogP) is 11.0. The number of rotatable bonds is 29. The molecule has 0 fully saturated rings. The van der Waals surface area contributed by atoms with Crippen LogP contribution in [-0.4, -0.2) is 24.1 Å². The van der Waals surface area contributed by atoms with Gasteiger partial charge < -0.3 is 9.47 Å². The summed E-state index contributed by atoms with van der Waals surface area (Å²) < 4.78 is 11.5. The fraction of sp³-hybridized carbons (Fsp3) is 0.941. The normalized spacial score (nSPS) is 12.8. The smallest absolute Gasteiger partial charge is 0.306 e. The quantitative estimate of drug-likeness (QED) is 0.0702. The molecule has 0 spiro atoms. The van der Waals surface area contributed by atoms with Crippen molar-refractivity contribution in [1.29, 1.82) is 0 Å². The average Bonchev–Trinajstić information content (AvgIpc) is 2.91. The van der Waals surface area contributed by atoms with Crippen molar-refractivity contribution in [1.82, 2.24) is 0 Å². The molecule has 2 unspecified atom stereocenters. The van der Waals surface area contributed by atoms with Gasteiger partial charge in [0.15, 0.2) is 0 Å². The van der Waals surface area contributed by atoms with E-state index >= 15 is 0 Å². The third kappa shape index (κ3) is 25.2. The van der Waals surface area contributed by atoms with E-state index in [4.69, 9.17) is 9.47 Å². The van der Waals surface area contributed by atoms with Crippen molar-refractivity contribution in [3.05, 3.63) is 0 Å². The number of hydrogen-bond acceptors (Lipinski definition) is 4. The lowest BCUT2D eigenvalue weighted by molar-refractivity contribution is -0.150. The average molecular weight is 539 g/mol. The van der Waals surface area contributed by atoms with Gasteiger partial charge >= 0.3 is 11.9 Å². The van der Waals surface area contributed by atoms with Crippen LogP contribution in [0, 0.1) is 0 Å². The molecule has 38 heavy (non-hydrogen) atoms. The first-order valence-electron chi connectivity index (χ1n) is 17.0. The molecule has 0 amide bonds. The van der Waals surface area contributed by atoms with Gasteiger partial charge in [-0.2, -0.15) is 0 Å². The van der Waals surface area contributed by atoms with Crippen LogP contribution < -0.4 is 0 Å². The minimum atomic E-state index is -0.00937. The molecule has 0 aliphatic heterocycles. The van der Waals surface area contributed by atoms with Crippen molar-refractivity contribution in [2.24, 2.45) is 0 Å². The largest absolute Gasteiger partial charge is 0.462 e. The van der Waals surface area contributed by atoms with E-state index in [1.807, 2.05) is 0 Å². The monoisotopic (exact) mass is 538 g/mol. The van der Waals surface area contributed by atoms with Crippen molar-refractivity contribution in [3.63, 3.8) is 0 Å². The Hall–Kier alpha value is -1.06. The summed E-state index contributed by atoms with van der Waals surface area (Å²) in [6.07, 6.45) is 29.2. The van der Waals surface area contributed by atoms with Crippen LogP contribution in [-0.2, 0) is 19.1 Å². The molecule has 0 aromatic carbocycles. The van der Waals surface area contributed by atoms with Crippen molar-refractivity contribution in [2.75, 3.05) is 0 Å². The molecule has 0 aliphatic carbocycles. The van der Waals surface area contributed by atoms with E-state index in [0.29, 0.717) is 12.8 Å². The molecule has 0 bridgehead atoms. The van der Waals surface area contributed by atoms with Crippen molar-refractivity contribution >= 4 is 11.9 Å². The summed E-state index contributed by atoms with van der Waals surface area (Å²) in [5.74, 6) is 0.0147. The summed E-state index contributed by atoms with van der Waals surface area (Å²) in [5.41, 5.74) is 0. The van der Waals surface area contributed by atoms with Crippen LogP contribution in [0.1, 0.15) is 195 Å². The molecular weight excluding hydrogens is 472 g/mol. The Bertz CT molecular complexity index is 519. The van der Waals surface area contributed by atoms with Gasteiger partial charge in [0.25, 0.3) is 0 Å². The molecule has 4 heteroatoms. The highest BCUT2D eigenvalue weighted by Crippen LogP contribution is 2.18. The van der Waals surface area contributed by atoms with Crippen LogP contribution >= 0.6 is 0 Å². The molecule has 0 aromatic heterocycles. The van der Waals surface area contributed by atoms with E-state index in [1.54, 1.807) is 0 Å². The minimum Gasteiger partial charge on any atom is -0.462 e. The number of ether oxygens (including phenoxy) is 2. The Kier molecular flexibility index (Phi) is 28.1. The Labute approximate surface area is 237 Å². The van der Waals surface area contributed by atoms with Gasteiger partial charge in [-0.3, -0.25) is 9.59 Å². The zero-order valence-electron chi connectivity index (χ0n) is 26.2. The summed E-state index contributed by atoms with van der Waals surface area (Å²) in [5, 5.41) is 0. The van der Waals surface area contributed by atoms with Crippen molar-refractivity contribution in [2.45, 2.75) is 207 Å². The second-order valence-corrected chi connectivity index (χ2v) is 11.5. The second kappa shape index (κ2) is 28.9. The zero-order valence-corrected chi connectivity index (χ0v) is 26.2. The molecule has 0 saturated carbocycles. The van der Waals surface area contributed by atoms with E-state index in [0.717, 1.165) is 70.6 Å². The summed E-state index contributed by atoms with van der Waals surface area (Å²) >= 11 is 0. The first-order chi connectivity index (χ1) is 18.6. The summed E-state index contributed by atoms with van der Waals surface area (Å²) in [6, 6.07) is 0. The highest BCUT2D eigenvalue weighted by atomic mass is 16.5. The van der Waals surface area contributed by atoms with Gasteiger partial charge in [-0.25, -0.2) is 0 Å². The predicted molar refractivity (Wildman–Crippen MR) is 162 cm³/mol. The molecule has 4 nitrogen and oxygen atoms in total. The summed E-state index contributed by atoms with van der Waals surface area (Å²) in [7, 11) is 0. The van der Waals surface area contributed by atoms with E-state index < -0.39 is 0 Å². The molecule has 0 saturated heterocycles. The molecule has 0 radical (unpaired) electrons. The van der Waals surface area contributed by atoms with Gasteiger partial charge in [-0.05, 0) is 51.4 Å². The molecule has 2 atom stereocenters. The maximum absolute atomic E-state index is 12.4. The van der Waals surface area contributed by atoms with Crippen LogP contribution in [0.15, 0.2) is 0 Å². The second-order valence-electron chi connectivity index (χ2n) is 11.5. The van der Waals surface area contributed by atoms with Crippen LogP contribution in [0.5, 0.6) is 0 Å². The SMILES string of the molecule is CCCCCCCCC(=O)OC(CCCCCC)CCCCCCCCCCC(=O)OC(CC)CCCC. The Morgan fingerprint density at radius 1 is 0.421 bits per heavy atom. The minimum absolute atomic E-state index is 0.00937. The van der Waals surface area contributed by atoms with E-state index in [2.05, 4.69) is 27.7 Å². The standard InChI is InChI=1S/C34H66O4/c1-5-9-12-14-20-24-30-34(36)38-32(27-22-13-10-6-2)28-23-19-17-15-16-18-21-25-29-33(35)37-31(8-4)26-11-7-3/h31-32H,5-30H2,1-4H3. The maximum Gasteiger partial charge on any atom is 0.306 e. The topological polar surface area (TPSA) is 52.6 Å². The number of esters is 2. The first-order valence-corrected chi connectivity index (χ1v) is 17.0. The molecule has 0 aliphatic rings. The van der Waals surface area contributed by atoms with Crippen LogP contribution in [0.25, 0.3) is 0 Å². The van der Waals surface area contributed by atoms with Crippen molar-refractivity contribution in [3.8, 4) is 0 Å². The van der Waals surface area contributed by atoms with E-state index in [-0.39, 0.29) is 24.1 Å². The Morgan fingerprint density at radius 3 is 1.21 bits per heavy atom. The lowest BCUT2D eigenvalue weighted by Crippen LogP contribution is -2.18. The van der Waals surface area contributed by atoms with Gasteiger partial charge in [-0.1, -0.05) is 130 Å². The first kappa shape index (κ1) is 36.9. The van der Waals surface area contributed by atoms with E-state index in [9.17, 15) is 9.59 Å². The van der Waals surface area contributed by atoms with Gasteiger partial charge in [-0.15, -0.1) is 0 Å². The van der Waals surface area contributed by atoms with Crippen molar-refractivity contribution < 1.29 is 19.1 Å². The number of unbranched alkanes of at least 4 members (excludes halogenated alkanes) is 16. The number of carbonyl (C=O) groups excluding carboxylic acids is 2. The van der Waals surface area contributed by atoms with Gasteiger partial charge in [0.2, 0.25) is 0 Å². The molecule has 226 valence electrons. The maximum atomic E-state index is 12.4.